The fraction of sp³-hybridized carbons (Fsp3) is 1.00. The maximum atomic E-state index is 5.84. The Balaban J connectivity index is 2.21. The number of hydrogen-bond acceptors (Lipinski definition) is 2. The Hall–Kier alpha value is 0.210. The quantitative estimate of drug-likeness (QED) is 0.728. The first-order chi connectivity index (χ1) is 7.54. The maximum absolute atomic E-state index is 5.84. The molecular formula is C13H26ClNO. The molecule has 1 N–H and O–H groups in total. The van der Waals surface area contributed by atoms with Crippen molar-refractivity contribution in [1.82, 2.24) is 5.32 Å². The molecule has 0 aromatic rings. The van der Waals surface area contributed by atoms with E-state index in [1.165, 1.54) is 12.8 Å². The molecule has 0 radical (unpaired) electrons. The Morgan fingerprint density at radius 2 is 2.19 bits per heavy atom. The SMILES string of the molecule is CC(C)(C)C(CCCl)NCCC1CCCO1. The van der Waals surface area contributed by atoms with E-state index >= 15 is 0 Å². The number of rotatable bonds is 6. The normalized spacial score (nSPS) is 23.6. The summed E-state index contributed by atoms with van der Waals surface area (Å²) >= 11 is 5.84. The van der Waals surface area contributed by atoms with Gasteiger partial charge in [-0.25, -0.2) is 0 Å². The van der Waals surface area contributed by atoms with Crippen LogP contribution >= 0.6 is 11.6 Å². The zero-order valence-corrected chi connectivity index (χ0v) is 11.6. The molecule has 1 aliphatic rings. The van der Waals surface area contributed by atoms with Crippen molar-refractivity contribution in [3.05, 3.63) is 0 Å². The molecule has 0 bridgehead atoms. The smallest absolute Gasteiger partial charge is 0.0588 e. The van der Waals surface area contributed by atoms with Gasteiger partial charge in [-0.2, -0.15) is 0 Å². The predicted molar refractivity (Wildman–Crippen MR) is 70.2 cm³/mol. The van der Waals surface area contributed by atoms with E-state index in [2.05, 4.69) is 26.1 Å². The Labute approximate surface area is 105 Å². The number of hydrogen-bond donors (Lipinski definition) is 1. The third kappa shape index (κ3) is 5.03. The minimum Gasteiger partial charge on any atom is -0.378 e. The van der Waals surface area contributed by atoms with Gasteiger partial charge in [0.2, 0.25) is 0 Å². The number of ether oxygens (including phenoxy) is 1. The van der Waals surface area contributed by atoms with E-state index < -0.39 is 0 Å². The summed E-state index contributed by atoms with van der Waals surface area (Å²) in [7, 11) is 0. The lowest BCUT2D eigenvalue weighted by Gasteiger charge is -2.31. The molecule has 1 aliphatic heterocycles. The van der Waals surface area contributed by atoms with Gasteiger partial charge in [-0.1, -0.05) is 20.8 Å². The molecule has 96 valence electrons. The molecular weight excluding hydrogens is 222 g/mol. The van der Waals surface area contributed by atoms with Gasteiger partial charge >= 0.3 is 0 Å². The van der Waals surface area contributed by atoms with Gasteiger partial charge in [-0.15, -0.1) is 11.6 Å². The highest BCUT2D eigenvalue weighted by molar-refractivity contribution is 6.17. The average molecular weight is 248 g/mol. The van der Waals surface area contributed by atoms with E-state index in [1.807, 2.05) is 0 Å². The van der Waals surface area contributed by atoms with E-state index in [0.717, 1.165) is 31.9 Å². The van der Waals surface area contributed by atoms with Gasteiger partial charge in [0, 0.05) is 18.5 Å². The van der Waals surface area contributed by atoms with E-state index in [-0.39, 0.29) is 5.41 Å². The van der Waals surface area contributed by atoms with Crippen LogP contribution in [0.25, 0.3) is 0 Å². The number of halogens is 1. The minimum atomic E-state index is 0.283. The standard InChI is InChI=1S/C13H26ClNO/c1-13(2,3)12(6-8-14)15-9-7-11-5-4-10-16-11/h11-12,15H,4-10H2,1-3H3. The Morgan fingerprint density at radius 1 is 1.44 bits per heavy atom. The third-order valence-electron chi connectivity index (χ3n) is 3.32. The van der Waals surface area contributed by atoms with Crippen LogP contribution in [0.4, 0.5) is 0 Å². The Kier molecular flexibility index (Phi) is 6.09. The van der Waals surface area contributed by atoms with Crippen LogP contribution in [0.1, 0.15) is 46.5 Å². The van der Waals surface area contributed by atoms with Crippen LogP contribution < -0.4 is 5.32 Å². The summed E-state index contributed by atoms with van der Waals surface area (Å²) in [6.45, 7) is 8.80. The molecule has 16 heavy (non-hydrogen) atoms. The fourth-order valence-electron chi connectivity index (χ4n) is 2.24. The summed E-state index contributed by atoms with van der Waals surface area (Å²) in [6.07, 6.45) is 5.13. The van der Waals surface area contributed by atoms with Crippen LogP contribution in [0.15, 0.2) is 0 Å². The maximum Gasteiger partial charge on any atom is 0.0588 e. The van der Waals surface area contributed by atoms with Gasteiger partial charge in [-0.3, -0.25) is 0 Å². The average Bonchev–Trinajstić information content (AvgIpc) is 2.67. The molecule has 2 unspecified atom stereocenters. The lowest BCUT2D eigenvalue weighted by atomic mass is 9.85. The minimum absolute atomic E-state index is 0.283. The molecule has 0 spiro atoms. The molecule has 0 aromatic carbocycles. The van der Waals surface area contributed by atoms with Crippen molar-refractivity contribution < 1.29 is 4.74 Å². The van der Waals surface area contributed by atoms with Crippen LogP contribution in [0.2, 0.25) is 0 Å². The van der Waals surface area contributed by atoms with Gasteiger partial charge in [0.05, 0.1) is 6.10 Å². The zero-order valence-electron chi connectivity index (χ0n) is 10.9. The molecule has 0 aliphatic carbocycles. The van der Waals surface area contributed by atoms with Crippen LogP contribution in [0.5, 0.6) is 0 Å². The summed E-state index contributed by atoms with van der Waals surface area (Å²) in [5.74, 6) is 0.731. The Bertz CT molecular complexity index is 185. The van der Waals surface area contributed by atoms with Crippen LogP contribution in [-0.2, 0) is 4.74 Å². The molecule has 2 nitrogen and oxygen atoms in total. The second-order valence-electron chi connectivity index (χ2n) is 5.77. The van der Waals surface area contributed by atoms with Crippen molar-refractivity contribution in [3.63, 3.8) is 0 Å². The highest BCUT2D eigenvalue weighted by Crippen LogP contribution is 2.22. The number of alkyl halides is 1. The summed E-state index contributed by atoms with van der Waals surface area (Å²) in [5, 5.41) is 3.62. The summed E-state index contributed by atoms with van der Waals surface area (Å²) in [5.41, 5.74) is 0.283. The molecule has 2 atom stereocenters. The number of nitrogens with one attached hydrogen (secondary N) is 1. The van der Waals surface area contributed by atoms with E-state index in [0.29, 0.717) is 12.1 Å². The van der Waals surface area contributed by atoms with Crippen molar-refractivity contribution in [2.24, 2.45) is 5.41 Å². The first-order valence-electron chi connectivity index (χ1n) is 6.45. The van der Waals surface area contributed by atoms with Gasteiger partial charge in [0.1, 0.15) is 0 Å². The largest absolute Gasteiger partial charge is 0.378 e. The van der Waals surface area contributed by atoms with E-state index in [4.69, 9.17) is 16.3 Å². The van der Waals surface area contributed by atoms with Crippen molar-refractivity contribution in [3.8, 4) is 0 Å². The molecule has 1 heterocycles. The van der Waals surface area contributed by atoms with Gasteiger partial charge < -0.3 is 10.1 Å². The summed E-state index contributed by atoms with van der Waals surface area (Å²) in [4.78, 5) is 0. The van der Waals surface area contributed by atoms with Crippen LogP contribution in [0.3, 0.4) is 0 Å². The van der Waals surface area contributed by atoms with Gasteiger partial charge in [0.25, 0.3) is 0 Å². The molecule has 0 aromatic heterocycles. The molecule has 0 saturated carbocycles. The second-order valence-corrected chi connectivity index (χ2v) is 6.15. The van der Waals surface area contributed by atoms with Crippen molar-refractivity contribution in [2.75, 3.05) is 19.0 Å². The highest BCUT2D eigenvalue weighted by Gasteiger charge is 2.24. The third-order valence-corrected chi connectivity index (χ3v) is 3.54. The van der Waals surface area contributed by atoms with Gasteiger partial charge in [-0.05, 0) is 37.6 Å². The molecule has 3 heteroatoms. The molecule has 0 amide bonds. The molecule has 1 fully saturated rings. The van der Waals surface area contributed by atoms with Crippen molar-refractivity contribution >= 4 is 11.6 Å². The Morgan fingerprint density at radius 3 is 2.69 bits per heavy atom. The second kappa shape index (κ2) is 6.83. The summed E-state index contributed by atoms with van der Waals surface area (Å²) in [6, 6.07) is 0.506. The molecule has 1 rings (SSSR count). The molecule has 1 saturated heterocycles. The van der Waals surface area contributed by atoms with Crippen LogP contribution in [-0.4, -0.2) is 31.2 Å². The van der Waals surface area contributed by atoms with E-state index in [9.17, 15) is 0 Å². The van der Waals surface area contributed by atoms with Crippen molar-refractivity contribution in [1.29, 1.82) is 0 Å². The van der Waals surface area contributed by atoms with Gasteiger partial charge in [0.15, 0.2) is 0 Å². The van der Waals surface area contributed by atoms with Crippen LogP contribution in [0, 0.1) is 5.41 Å². The lowest BCUT2D eigenvalue weighted by Crippen LogP contribution is -2.41. The highest BCUT2D eigenvalue weighted by atomic mass is 35.5. The monoisotopic (exact) mass is 247 g/mol. The first kappa shape index (κ1) is 14.3. The summed E-state index contributed by atoms with van der Waals surface area (Å²) < 4.78 is 5.61. The van der Waals surface area contributed by atoms with Crippen molar-refractivity contribution in [2.45, 2.75) is 58.6 Å². The fourth-order valence-corrected chi connectivity index (χ4v) is 2.46. The predicted octanol–water partition coefficient (Wildman–Crippen LogP) is 3.19. The first-order valence-corrected chi connectivity index (χ1v) is 6.98. The lowest BCUT2D eigenvalue weighted by molar-refractivity contribution is 0.101. The van der Waals surface area contributed by atoms with E-state index in [1.54, 1.807) is 0 Å². The topological polar surface area (TPSA) is 21.3 Å². The zero-order chi connectivity index (χ0) is 12.0.